The number of aromatic amines is 1. The zero-order valence-electron chi connectivity index (χ0n) is 10.6. The Balaban J connectivity index is 1.87. The summed E-state index contributed by atoms with van der Waals surface area (Å²) in [6.45, 7) is 0.439. The van der Waals surface area contributed by atoms with Crippen molar-refractivity contribution in [2.45, 2.75) is 6.54 Å². The minimum Gasteiger partial charge on any atom is -0.356 e. The van der Waals surface area contributed by atoms with Crippen LogP contribution in [0.25, 0.3) is 6.08 Å². The quantitative estimate of drug-likeness (QED) is 0.496. The summed E-state index contributed by atoms with van der Waals surface area (Å²) < 4.78 is 0. The number of nitro groups is 1. The summed E-state index contributed by atoms with van der Waals surface area (Å²) in [5.41, 5.74) is 1.48. The minimum atomic E-state index is -0.497. The number of nitrogens with one attached hydrogen (secondary N) is 2. The number of nitrogens with zero attached hydrogens (tertiary/aromatic N) is 1. The van der Waals surface area contributed by atoms with E-state index in [1.54, 1.807) is 0 Å². The molecule has 0 aliphatic rings. The smallest absolute Gasteiger partial charge is 0.287 e. The van der Waals surface area contributed by atoms with Gasteiger partial charge in [0.05, 0.1) is 11.1 Å². The van der Waals surface area contributed by atoms with Crippen LogP contribution in [0.1, 0.15) is 11.3 Å². The Morgan fingerprint density at radius 1 is 1.35 bits per heavy atom. The Hall–Kier alpha value is -2.89. The van der Waals surface area contributed by atoms with Crippen LogP contribution in [0.4, 0.5) is 5.69 Å². The molecule has 2 N–H and O–H groups in total. The van der Waals surface area contributed by atoms with E-state index in [1.165, 1.54) is 24.4 Å². The van der Waals surface area contributed by atoms with Gasteiger partial charge in [-0.15, -0.1) is 0 Å². The molecule has 0 radical (unpaired) electrons. The molecule has 0 atom stereocenters. The monoisotopic (exact) mass is 271 g/mol. The van der Waals surface area contributed by atoms with Gasteiger partial charge in [-0.25, -0.2) is 0 Å². The van der Waals surface area contributed by atoms with Crippen molar-refractivity contribution in [3.63, 3.8) is 0 Å². The third kappa shape index (κ3) is 3.81. The first-order chi connectivity index (χ1) is 9.65. The summed E-state index contributed by atoms with van der Waals surface area (Å²) in [4.78, 5) is 24.3. The van der Waals surface area contributed by atoms with E-state index < -0.39 is 4.92 Å². The lowest BCUT2D eigenvalue weighted by Gasteiger charge is -2.01. The molecule has 20 heavy (non-hydrogen) atoms. The zero-order chi connectivity index (χ0) is 14.4. The van der Waals surface area contributed by atoms with Gasteiger partial charge in [0.25, 0.3) is 5.69 Å². The Morgan fingerprint density at radius 3 is 2.75 bits per heavy atom. The molecule has 102 valence electrons. The van der Waals surface area contributed by atoms with Crippen LogP contribution in [0.2, 0.25) is 0 Å². The van der Waals surface area contributed by atoms with Crippen molar-refractivity contribution >= 4 is 17.7 Å². The number of carbonyl (C=O) groups excluding carboxylic acids is 1. The van der Waals surface area contributed by atoms with Crippen LogP contribution in [0.5, 0.6) is 0 Å². The van der Waals surface area contributed by atoms with Crippen molar-refractivity contribution in [2.24, 2.45) is 0 Å². The number of amides is 1. The van der Waals surface area contributed by atoms with Crippen molar-refractivity contribution in [3.05, 3.63) is 70.0 Å². The number of rotatable bonds is 5. The molecule has 6 heteroatoms. The highest BCUT2D eigenvalue weighted by molar-refractivity contribution is 5.91. The molecule has 2 aromatic rings. The molecule has 0 saturated carbocycles. The van der Waals surface area contributed by atoms with Crippen molar-refractivity contribution in [3.8, 4) is 0 Å². The lowest BCUT2D eigenvalue weighted by molar-refractivity contribution is -0.384. The van der Waals surface area contributed by atoms with Gasteiger partial charge in [-0.2, -0.15) is 0 Å². The van der Waals surface area contributed by atoms with E-state index in [9.17, 15) is 14.9 Å². The molecule has 1 heterocycles. The predicted molar refractivity (Wildman–Crippen MR) is 74.8 cm³/mol. The molecular formula is C14H13N3O3. The highest BCUT2D eigenvalue weighted by Gasteiger charge is 2.06. The fraction of sp³-hybridized carbons (Fsp3) is 0.0714. The maximum atomic E-state index is 11.6. The molecule has 1 aromatic carbocycles. The van der Waals surface area contributed by atoms with Gasteiger partial charge in [0.1, 0.15) is 0 Å². The van der Waals surface area contributed by atoms with Gasteiger partial charge in [-0.3, -0.25) is 14.9 Å². The first-order valence-electron chi connectivity index (χ1n) is 5.98. The molecule has 0 aliphatic heterocycles. The second kappa shape index (κ2) is 6.33. The molecule has 0 unspecified atom stereocenters. The standard InChI is InChI=1S/C14H13N3O3/c18-14(16-9-11-4-2-1-3-5-11)7-6-12-8-13(10-15-12)17(19)20/h1-8,10,15H,9H2,(H,16,18). The average molecular weight is 271 g/mol. The number of hydrogen-bond donors (Lipinski definition) is 2. The lowest BCUT2D eigenvalue weighted by atomic mass is 10.2. The van der Waals surface area contributed by atoms with Crippen LogP contribution in [-0.2, 0) is 11.3 Å². The molecule has 1 aromatic heterocycles. The molecule has 1 amide bonds. The van der Waals surface area contributed by atoms with Crippen LogP contribution in [-0.4, -0.2) is 15.8 Å². The Bertz CT molecular complexity index is 632. The normalized spacial score (nSPS) is 10.6. The zero-order valence-corrected chi connectivity index (χ0v) is 10.6. The highest BCUT2D eigenvalue weighted by atomic mass is 16.6. The van der Waals surface area contributed by atoms with Gasteiger partial charge >= 0.3 is 0 Å². The fourth-order valence-electron chi connectivity index (χ4n) is 1.61. The number of aromatic nitrogens is 1. The van der Waals surface area contributed by atoms with Gasteiger partial charge in [-0.05, 0) is 11.6 Å². The second-order valence-electron chi connectivity index (χ2n) is 4.11. The highest BCUT2D eigenvalue weighted by Crippen LogP contribution is 2.12. The van der Waals surface area contributed by atoms with Gasteiger partial charge in [0, 0.05) is 24.4 Å². The molecular weight excluding hydrogens is 258 g/mol. The molecule has 2 rings (SSSR count). The third-order valence-corrected chi connectivity index (χ3v) is 2.62. The molecule has 0 saturated heterocycles. The molecule has 0 fully saturated rings. The maximum Gasteiger partial charge on any atom is 0.287 e. The van der Waals surface area contributed by atoms with Crippen molar-refractivity contribution in [1.82, 2.24) is 10.3 Å². The van der Waals surface area contributed by atoms with Crippen LogP contribution in [0.15, 0.2) is 48.7 Å². The van der Waals surface area contributed by atoms with E-state index in [2.05, 4.69) is 10.3 Å². The van der Waals surface area contributed by atoms with Gasteiger partial charge in [-0.1, -0.05) is 30.3 Å². The summed E-state index contributed by atoms with van der Waals surface area (Å²) in [6.07, 6.45) is 4.10. The summed E-state index contributed by atoms with van der Waals surface area (Å²) in [7, 11) is 0. The number of H-pyrrole nitrogens is 1. The van der Waals surface area contributed by atoms with Crippen LogP contribution in [0.3, 0.4) is 0 Å². The van der Waals surface area contributed by atoms with E-state index in [-0.39, 0.29) is 11.6 Å². The Labute approximate surface area is 115 Å². The Kier molecular flexibility index (Phi) is 4.28. The van der Waals surface area contributed by atoms with E-state index >= 15 is 0 Å². The number of benzene rings is 1. The van der Waals surface area contributed by atoms with Gasteiger partial charge in [0.2, 0.25) is 5.91 Å². The third-order valence-electron chi connectivity index (χ3n) is 2.62. The van der Waals surface area contributed by atoms with Crippen LogP contribution >= 0.6 is 0 Å². The van der Waals surface area contributed by atoms with E-state index in [0.29, 0.717) is 12.2 Å². The lowest BCUT2D eigenvalue weighted by Crippen LogP contribution is -2.20. The van der Waals surface area contributed by atoms with Crippen molar-refractivity contribution in [1.29, 1.82) is 0 Å². The largest absolute Gasteiger partial charge is 0.356 e. The minimum absolute atomic E-state index is 0.0330. The van der Waals surface area contributed by atoms with Gasteiger partial charge < -0.3 is 10.3 Å². The summed E-state index contributed by atoms with van der Waals surface area (Å²) in [5.74, 6) is -0.258. The molecule has 6 nitrogen and oxygen atoms in total. The van der Waals surface area contributed by atoms with Crippen molar-refractivity contribution < 1.29 is 9.72 Å². The fourth-order valence-corrected chi connectivity index (χ4v) is 1.61. The Morgan fingerprint density at radius 2 is 2.10 bits per heavy atom. The van der Waals surface area contributed by atoms with Crippen molar-refractivity contribution in [2.75, 3.05) is 0 Å². The topological polar surface area (TPSA) is 88.0 Å². The number of carbonyl (C=O) groups is 1. The average Bonchev–Trinajstić information content (AvgIpc) is 2.93. The molecule has 0 bridgehead atoms. The van der Waals surface area contributed by atoms with Crippen LogP contribution in [0, 0.1) is 10.1 Å². The van der Waals surface area contributed by atoms with E-state index in [4.69, 9.17) is 0 Å². The SMILES string of the molecule is O=C(C=Cc1cc([N+](=O)[O-])c[nH]1)NCc1ccccc1. The first kappa shape index (κ1) is 13.5. The summed E-state index contributed by atoms with van der Waals surface area (Å²) >= 11 is 0. The molecule has 0 spiro atoms. The number of hydrogen-bond acceptors (Lipinski definition) is 3. The summed E-state index contributed by atoms with van der Waals surface area (Å²) in [6, 6.07) is 10.9. The predicted octanol–water partition coefficient (Wildman–Crippen LogP) is 2.25. The van der Waals surface area contributed by atoms with E-state index in [0.717, 1.165) is 5.56 Å². The van der Waals surface area contributed by atoms with E-state index in [1.807, 2.05) is 30.3 Å². The summed E-state index contributed by atoms with van der Waals surface area (Å²) in [5, 5.41) is 13.2. The maximum absolute atomic E-state index is 11.6. The van der Waals surface area contributed by atoms with Gasteiger partial charge in [0.15, 0.2) is 0 Å². The second-order valence-corrected chi connectivity index (χ2v) is 4.11. The first-order valence-corrected chi connectivity index (χ1v) is 5.98. The molecule has 0 aliphatic carbocycles. The van der Waals surface area contributed by atoms with Crippen LogP contribution < -0.4 is 5.32 Å².